The second-order valence-corrected chi connectivity index (χ2v) is 9.72. The molecule has 2 aliphatic rings. The van der Waals surface area contributed by atoms with Crippen molar-refractivity contribution < 1.29 is 19.4 Å². The van der Waals surface area contributed by atoms with Crippen molar-refractivity contribution in [3.8, 4) is 11.1 Å². The molecule has 0 saturated carbocycles. The maximum absolute atomic E-state index is 12.7. The Morgan fingerprint density at radius 1 is 1.21 bits per heavy atom. The Bertz CT molecular complexity index is 1430. The molecule has 3 aromatic rings. The van der Waals surface area contributed by atoms with E-state index in [9.17, 15) is 9.59 Å². The zero-order valence-corrected chi connectivity index (χ0v) is 20.9. The van der Waals surface area contributed by atoms with E-state index in [0.29, 0.717) is 56.2 Å². The molecule has 3 N–H and O–H groups in total. The van der Waals surface area contributed by atoms with Gasteiger partial charge in [0.1, 0.15) is 11.4 Å². The molecule has 1 amide bonds. The van der Waals surface area contributed by atoms with Crippen LogP contribution in [0.3, 0.4) is 0 Å². The van der Waals surface area contributed by atoms with Crippen molar-refractivity contribution in [2.75, 3.05) is 30.3 Å². The molecule has 5 rings (SSSR count). The first-order chi connectivity index (χ1) is 18.3. The quantitative estimate of drug-likeness (QED) is 0.258. The first kappa shape index (κ1) is 25.1. The maximum atomic E-state index is 12.7. The van der Waals surface area contributed by atoms with Gasteiger partial charge in [0.25, 0.3) is 0 Å². The number of pyridine rings is 1. The van der Waals surface area contributed by atoms with Crippen LogP contribution in [0.25, 0.3) is 21.6 Å². The minimum atomic E-state index is -1.01. The van der Waals surface area contributed by atoms with Crippen molar-refractivity contribution in [3.05, 3.63) is 81.9 Å². The van der Waals surface area contributed by atoms with Gasteiger partial charge in [-0.2, -0.15) is 0 Å². The van der Waals surface area contributed by atoms with Crippen LogP contribution < -0.4 is 10.6 Å². The summed E-state index contributed by atoms with van der Waals surface area (Å²) in [6, 6.07) is 13.8. The van der Waals surface area contributed by atoms with Crippen molar-refractivity contribution in [1.82, 2.24) is 9.88 Å². The Hall–Kier alpha value is -4.60. The zero-order chi connectivity index (χ0) is 26.9. The summed E-state index contributed by atoms with van der Waals surface area (Å²) >= 11 is 0. The van der Waals surface area contributed by atoms with Crippen LogP contribution in [0.2, 0.25) is 0 Å². The van der Waals surface area contributed by atoms with Gasteiger partial charge in [0.2, 0.25) is 0 Å². The molecule has 0 bridgehead atoms. The Labute approximate surface area is 219 Å². The number of amides is 1. The summed E-state index contributed by atoms with van der Waals surface area (Å²) in [6.45, 7) is 4.37. The molecule has 2 aliphatic heterocycles. The van der Waals surface area contributed by atoms with Gasteiger partial charge in [0, 0.05) is 60.5 Å². The van der Waals surface area contributed by atoms with E-state index in [0.717, 1.165) is 22.3 Å². The van der Waals surface area contributed by atoms with Crippen molar-refractivity contribution in [2.24, 2.45) is 5.11 Å². The highest BCUT2D eigenvalue weighted by molar-refractivity contribution is 5.92. The second kappa shape index (κ2) is 10.0. The number of carbonyl (C=O) groups excluding carboxylic acids is 1. The Morgan fingerprint density at radius 2 is 1.95 bits per heavy atom. The van der Waals surface area contributed by atoms with E-state index in [-0.39, 0.29) is 5.56 Å². The molecule has 0 radical (unpaired) electrons. The topological polar surface area (TPSA) is 158 Å². The fraction of sp³-hybridized carbons (Fsp3) is 0.296. The van der Waals surface area contributed by atoms with Gasteiger partial charge in [-0.1, -0.05) is 11.2 Å². The van der Waals surface area contributed by atoms with Gasteiger partial charge in [0.15, 0.2) is 0 Å². The van der Waals surface area contributed by atoms with Crippen molar-refractivity contribution in [2.45, 2.75) is 31.9 Å². The Morgan fingerprint density at radius 3 is 2.58 bits per heavy atom. The number of aromatic nitrogens is 1. The summed E-state index contributed by atoms with van der Waals surface area (Å²) in [5.74, 6) is -0.572. The fourth-order valence-electron chi connectivity index (χ4n) is 5.09. The number of nitrogens with zero attached hydrogens (tertiary/aromatic N) is 6. The van der Waals surface area contributed by atoms with Gasteiger partial charge in [-0.3, -0.25) is 9.80 Å². The van der Waals surface area contributed by atoms with E-state index in [1.807, 2.05) is 25.1 Å². The van der Waals surface area contributed by atoms with Crippen LogP contribution in [0.1, 0.15) is 34.3 Å². The highest BCUT2D eigenvalue weighted by Gasteiger charge is 2.47. The van der Waals surface area contributed by atoms with E-state index >= 15 is 0 Å². The Kier molecular flexibility index (Phi) is 6.62. The number of hydrogen-bond acceptors (Lipinski definition) is 7. The number of piperidine rings is 1. The number of aryl methyl sites for hydroxylation is 1. The average Bonchev–Trinajstić information content (AvgIpc) is 3.23. The lowest BCUT2D eigenvalue weighted by molar-refractivity contribution is -0.000941. The third-order valence-electron chi connectivity index (χ3n) is 7.23. The van der Waals surface area contributed by atoms with Crippen LogP contribution in [0.5, 0.6) is 0 Å². The van der Waals surface area contributed by atoms with Gasteiger partial charge >= 0.3 is 12.1 Å². The maximum Gasteiger partial charge on any atom is 0.415 e. The van der Waals surface area contributed by atoms with E-state index < -0.39 is 17.7 Å². The van der Waals surface area contributed by atoms with Crippen molar-refractivity contribution >= 4 is 29.3 Å². The van der Waals surface area contributed by atoms with Gasteiger partial charge in [-0.05, 0) is 71.6 Å². The molecular weight excluding hydrogens is 486 g/mol. The number of carbonyl (C=O) groups is 2. The highest BCUT2D eigenvalue weighted by atomic mass is 16.6. The molecule has 2 saturated heterocycles. The summed E-state index contributed by atoms with van der Waals surface area (Å²) in [5, 5.41) is 13.0. The predicted octanol–water partition coefficient (Wildman–Crippen LogP) is 5.27. The smallest absolute Gasteiger partial charge is 0.415 e. The molecule has 11 nitrogen and oxygen atoms in total. The number of nitrogen functional groups attached to an aromatic ring is 1. The van der Waals surface area contributed by atoms with Crippen molar-refractivity contribution in [1.29, 1.82) is 0 Å². The van der Waals surface area contributed by atoms with Crippen LogP contribution in [0, 0.1) is 6.92 Å². The number of nitrogens with two attached hydrogens (primary N) is 1. The number of anilines is 2. The van der Waals surface area contributed by atoms with Gasteiger partial charge in [-0.25, -0.2) is 14.6 Å². The molecular formula is C27H27N7O4. The number of rotatable bonds is 6. The standard InChI is InChI=1S/C27H27N7O4/c1-17-12-22(19-4-7-24(28)30-14-19)20(13-23(17)31-32-29)15-33-10-8-27(9-11-33)16-34(26(37)38-27)21-5-2-18(3-6-21)25(35)36/h2-7,12-14H,8-11,15-16H2,1H3,(H2,28,30)(H,35,36). The third-order valence-corrected chi connectivity index (χ3v) is 7.23. The lowest BCUT2D eigenvalue weighted by Crippen LogP contribution is -2.46. The number of aromatic carboxylic acids is 1. The molecule has 2 aromatic carbocycles. The first-order valence-corrected chi connectivity index (χ1v) is 12.2. The fourth-order valence-corrected chi connectivity index (χ4v) is 5.09. The molecule has 2 fully saturated rings. The monoisotopic (exact) mass is 513 g/mol. The zero-order valence-electron chi connectivity index (χ0n) is 20.9. The summed E-state index contributed by atoms with van der Waals surface area (Å²) in [6.07, 6.45) is 2.64. The minimum Gasteiger partial charge on any atom is -0.478 e. The van der Waals surface area contributed by atoms with Crippen LogP contribution in [-0.4, -0.2) is 52.3 Å². The first-order valence-electron chi connectivity index (χ1n) is 12.2. The van der Waals surface area contributed by atoms with Crippen LogP contribution in [-0.2, 0) is 11.3 Å². The molecule has 1 aromatic heterocycles. The molecule has 0 unspecified atom stereocenters. The van der Waals surface area contributed by atoms with Crippen LogP contribution >= 0.6 is 0 Å². The summed E-state index contributed by atoms with van der Waals surface area (Å²) in [7, 11) is 0. The average molecular weight is 514 g/mol. The number of ether oxygens (including phenoxy) is 1. The van der Waals surface area contributed by atoms with Crippen molar-refractivity contribution in [3.63, 3.8) is 0 Å². The summed E-state index contributed by atoms with van der Waals surface area (Å²) < 4.78 is 5.87. The van der Waals surface area contributed by atoms with E-state index in [2.05, 4.69) is 19.9 Å². The summed E-state index contributed by atoms with van der Waals surface area (Å²) in [5.41, 5.74) is 19.3. The normalized spacial score (nSPS) is 16.8. The second-order valence-electron chi connectivity index (χ2n) is 9.72. The lowest BCUT2D eigenvalue weighted by atomic mass is 9.90. The largest absolute Gasteiger partial charge is 0.478 e. The summed E-state index contributed by atoms with van der Waals surface area (Å²) in [4.78, 5) is 34.9. The van der Waals surface area contributed by atoms with Gasteiger partial charge in [0.05, 0.1) is 12.1 Å². The number of azide groups is 1. The number of benzene rings is 2. The SMILES string of the molecule is Cc1cc(-c2ccc(N)nc2)c(CN2CCC3(CC2)CN(c2ccc(C(=O)O)cc2)C(=O)O3)cc1N=[N+]=[N-]. The number of likely N-dealkylation sites (tertiary alicyclic amines) is 1. The third kappa shape index (κ3) is 4.97. The highest BCUT2D eigenvalue weighted by Crippen LogP contribution is 2.37. The van der Waals surface area contributed by atoms with Crippen LogP contribution in [0.4, 0.5) is 22.0 Å². The van der Waals surface area contributed by atoms with Crippen LogP contribution in [0.15, 0.2) is 59.8 Å². The van der Waals surface area contributed by atoms with Gasteiger partial charge < -0.3 is 15.6 Å². The predicted molar refractivity (Wildman–Crippen MR) is 142 cm³/mol. The molecule has 11 heteroatoms. The molecule has 38 heavy (non-hydrogen) atoms. The lowest BCUT2D eigenvalue weighted by Gasteiger charge is -2.37. The number of carboxylic acid groups (broad SMARTS) is 1. The number of hydrogen-bond donors (Lipinski definition) is 2. The molecule has 194 valence electrons. The molecule has 0 aliphatic carbocycles. The van der Waals surface area contributed by atoms with E-state index in [1.165, 1.54) is 12.1 Å². The molecule has 1 spiro atoms. The van der Waals surface area contributed by atoms with Gasteiger partial charge in [-0.15, -0.1) is 0 Å². The van der Waals surface area contributed by atoms with E-state index in [4.69, 9.17) is 21.1 Å². The number of carboxylic acids is 1. The van der Waals surface area contributed by atoms with E-state index in [1.54, 1.807) is 29.3 Å². The minimum absolute atomic E-state index is 0.165. The molecule has 0 atom stereocenters. The Balaban J connectivity index is 1.31. The molecule has 3 heterocycles.